The SMILES string of the molecule is CCCCCc1ccc(C2CCC(C(=O)Oc3ccc(C4CCC(CCC)CC4)c(F)c3F)CC2)c(F)c1. The second-order valence-corrected chi connectivity index (χ2v) is 11.6. The first-order valence-electron chi connectivity index (χ1n) is 14.9. The van der Waals surface area contributed by atoms with E-state index < -0.39 is 23.5 Å². The standard InChI is InChI=1S/C33H43F3O2/c1-3-5-6-8-23-11-18-27(29(34)21-23)24-14-16-26(17-15-24)33(37)38-30-20-19-28(31(35)32(30)36)25-12-9-22(7-4-2)10-13-25/h11,18-22,24-26H,3-10,12-17H2,1-2H3. The molecule has 2 aromatic carbocycles. The van der Waals surface area contributed by atoms with Crippen LogP contribution in [-0.2, 0) is 11.2 Å². The summed E-state index contributed by atoms with van der Waals surface area (Å²) in [6, 6.07) is 8.58. The monoisotopic (exact) mass is 528 g/mol. The van der Waals surface area contributed by atoms with Gasteiger partial charge in [-0.25, -0.2) is 8.78 Å². The normalized spacial score (nSPS) is 23.8. The van der Waals surface area contributed by atoms with Gasteiger partial charge in [0.2, 0.25) is 5.82 Å². The minimum atomic E-state index is -1.07. The third kappa shape index (κ3) is 7.01. The van der Waals surface area contributed by atoms with Gasteiger partial charge in [-0.15, -0.1) is 0 Å². The summed E-state index contributed by atoms with van der Waals surface area (Å²) in [6.45, 7) is 4.33. The van der Waals surface area contributed by atoms with Crippen LogP contribution in [0.2, 0.25) is 0 Å². The van der Waals surface area contributed by atoms with Crippen molar-refractivity contribution in [3.05, 3.63) is 64.5 Å². The van der Waals surface area contributed by atoms with E-state index in [1.165, 1.54) is 12.5 Å². The summed E-state index contributed by atoms with van der Waals surface area (Å²) in [6.07, 6.45) is 12.8. The van der Waals surface area contributed by atoms with Crippen molar-refractivity contribution in [2.45, 2.75) is 116 Å². The lowest BCUT2D eigenvalue weighted by Gasteiger charge is -2.29. The highest BCUT2D eigenvalue weighted by Gasteiger charge is 2.31. The molecule has 2 fully saturated rings. The summed E-state index contributed by atoms with van der Waals surface area (Å²) in [5, 5.41) is 0. The Morgan fingerprint density at radius 3 is 2.11 bits per heavy atom. The van der Waals surface area contributed by atoms with Crippen molar-refractivity contribution in [3.63, 3.8) is 0 Å². The molecule has 0 N–H and O–H groups in total. The zero-order chi connectivity index (χ0) is 27.1. The maximum Gasteiger partial charge on any atom is 0.314 e. The lowest BCUT2D eigenvalue weighted by atomic mass is 9.77. The van der Waals surface area contributed by atoms with Gasteiger partial charge in [0.25, 0.3) is 0 Å². The van der Waals surface area contributed by atoms with Crippen molar-refractivity contribution >= 4 is 5.97 Å². The Morgan fingerprint density at radius 1 is 0.789 bits per heavy atom. The van der Waals surface area contributed by atoms with Gasteiger partial charge < -0.3 is 4.74 Å². The number of ether oxygens (including phenoxy) is 1. The van der Waals surface area contributed by atoms with Gasteiger partial charge in [0.1, 0.15) is 5.82 Å². The summed E-state index contributed by atoms with van der Waals surface area (Å²) in [5.74, 6) is -2.60. The highest BCUT2D eigenvalue weighted by atomic mass is 19.2. The topological polar surface area (TPSA) is 26.3 Å². The number of unbranched alkanes of at least 4 members (excludes halogenated alkanes) is 2. The summed E-state index contributed by atoms with van der Waals surface area (Å²) in [4.78, 5) is 12.8. The van der Waals surface area contributed by atoms with Crippen molar-refractivity contribution in [3.8, 4) is 5.75 Å². The van der Waals surface area contributed by atoms with Crippen molar-refractivity contribution in [1.82, 2.24) is 0 Å². The Kier molecular flexibility index (Phi) is 10.3. The summed E-state index contributed by atoms with van der Waals surface area (Å²) in [7, 11) is 0. The fourth-order valence-electron chi connectivity index (χ4n) is 6.58. The van der Waals surface area contributed by atoms with Crippen molar-refractivity contribution in [2.75, 3.05) is 0 Å². The first kappa shape index (κ1) is 28.7. The molecule has 2 saturated carbocycles. The quantitative estimate of drug-likeness (QED) is 0.174. The van der Waals surface area contributed by atoms with Crippen LogP contribution in [0.3, 0.4) is 0 Å². The molecule has 0 amide bonds. The molecule has 0 heterocycles. The van der Waals surface area contributed by atoms with Crippen LogP contribution in [-0.4, -0.2) is 5.97 Å². The highest BCUT2D eigenvalue weighted by Crippen LogP contribution is 2.41. The highest BCUT2D eigenvalue weighted by molar-refractivity contribution is 5.75. The van der Waals surface area contributed by atoms with Gasteiger partial charge in [0, 0.05) is 0 Å². The number of esters is 1. The van der Waals surface area contributed by atoms with E-state index in [1.54, 1.807) is 12.1 Å². The van der Waals surface area contributed by atoms with Gasteiger partial charge in [-0.2, -0.15) is 4.39 Å². The number of carbonyl (C=O) groups excluding carboxylic acids is 1. The molecule has 0 aliphatic heterocycles. The molecule has 4 rings (SSSR count). The number of rotatable bonds is 10. The van der Waals surface area contributed by atoms with Gasteiger partial charge in [0.15, 0.2) is 11.6 Å². The van der Waals surface area contributed by atoms with Gasteiger partial charge in [-0.1, -0.05) is 57.7 Å². The largest absolute Gasteiger partial charge is 0.423 e. The Bertz CT molecular complexity index is 1070. The molecule has 2 aromatic rings. The Morgan fingerprint density at radius 2 is 1.45 bits per heavy atom. The molecule has 0 saturated heterocycles. The number of halogens is 3. The van der Waals surface area contributed by atoms with E-state index in [4.69, 9.17) is 4.74 Å². The van der Waals surface area contributed by atoms with Crippen LogP contribution in [0.1, 0.15) is 126 Å². The van der Waals surface area contributed by atoms with E-state index >= 15 is 0 Å². The number of carbonyl (C=O) groups is 1. The van der Waals surface area contributed by atoms with Gasteiger partial charge in [-0.3, -0.25) is 4.79 Å². The van der Waals surface area contributed by atoms with Gasteiger partial charge >= 0.3 is 5.97 Å². The van der Waals surface area contributed by atoms with Crippen molar-refractivity contribution in [1.29, 1.82) is 0 Å². The zero-order valence-electron chi connectivity index (χ0n) is 23.0. The van der Waals surface area contributed by atoms with E-state index in [0.717, 1.165) is 63.4 Å². The van der Waals surface area contributed by atoms with Crippen LogP contribution >= 0.6 is 0 Å². The number of hydrogen-bond acceptors (Lipinski definition) is 2. The molecule has 0 bridgehead atoms. The van der Waals surface area contributed by atoms with E-state index in [2.05, 4.69) is 13.8 Å². The first-order chi connectivity index (χ1) is 18.4. The van der Waals surface area contributed by atoms with Crippen molar-refractivity contribution in [2.24, 2.45) is 11.8 Å². The minimum Gasteiger partial charge on any atom is -0.423 e. The lowest BCUT2D eigenvalue weighted by Crippen LogP contribution is -2.26. The molecular formula is C33H43F3O2. The smallest absolute Gasteiger partial charge is 0.314 e. The van der Waals surface area contributed by atoms with Crippen LogP contribution in [0.5, 0.6) is 5.75 Å². The number of hydrogen-bond donors (Lipinski definition) is 0. The molecule has 0 radical (unpaired) electrons. The third-order valence-corrected chi connectivity index (χ3v) is 8.91. The molecule has 0 aromatic heterocycles. The van der Waals surface area contributed by atoms with Gasteiger partial charge in [-0.05, 0) is 111 Å². The number of benzene rings is 2. The Labute approximate surface area is 226 Å². The average Bonchev–Trinajstić information content (AvgIpc) is 2.92. The van der Waals surface area contributed by atoms with Crippen molar-refractivity contribution < 1.29 is 22.7 Å². The average molecular weight is 529 g/mol. The van der Waals surface area contributed by atoms with Gasteiger partial charge in [0.05, 0.1) is 5.92 Å². The Balaban J connectivity index is 1.31. The molecule has 2 aliphatic rings. The molecule has 38 heavy (non-hydrogen) atoms. The molecule has 2 aliphatic carbocycles. The van der Waals surface area contributed by atoms with Crippen LogP contribution < -0.4 is 4.74 Å². The van der Waals surface area contributed by atoms with Crippen LogP contribution in [0, 0.1) is 29.3 Å². The van der Waals surface area contributed by atoms with E-state index in [0.29, 0.717) is 42.7 Å². The molecule has 2 nitrogen and oxygen atoms in total. The molecule has 208 valence electrons. The van der Waals surface area contributed by atoms with Crippen LogP contribution in [0.15, 0.2) is 30.3 Å². The number of aryl methyl sites for hydroxylation is 1. The fourth-order valence-corrected chi connectivity index (χ4v) is 6.58. The summed E-state index contributed by atoms with van der Waals surface area (Å²) >= 11 is 0. The molecule has 0 atom stereocenters. The summed E-state index contributed by atoms with van der Waals surface area (Å²) in [5.41, 5.74) is 2.14. The Hall–Kier alpha value is -2.30. The van der Waals surface area contributed by atoms with Crippen LogP contribution in [0.4, 0.5) is 13.2 Å². The van der Waals surface area contributed by atoms with E-state index in [1.807, 2.05) is 12.1 Å². The van der Waals surface area contributed by atoms with E-state index in [9.17, 15) is 18.0 Å². The third-order valence-electron chi connectivity index (χ3n) is 8.91. The predicted molar refractivity (Wildman–Crippen MR) is 146 cm³/mol. The zero-order valence-corrected chi connectivity index (χ0v) is 23.0. The maximum atomic E-state index is 15.0. The summed E-state index contributed by atoms with van der Waals surface area (Å²) < 4.78 is 50.1. The predicted octanol–water partition coefficient (Wildman–Crippen LogP) is 9.79. The fraction of sp³-hybridized carbons (Fsp3) is 0.606. The second-order valence-electron chi connectivity index (χ2n) is 11.6. The minimum absolute atomic E-state index is 0.0171. The molecule has 0 unspecified atom stereocenters. The molecular weight excluding hydrogens is 485 g/mol. The molecule has 5 heteroatoms. The van der Waals surface area contributed by atoms with E-state index in [-0.39, 0.29) is 23.4 Å². The molecule has 0 spiro atoms. The second kappa shape index (κ2) is 13.7. The maximum absolute atomic E-state index is 15.0. The lowest BCUT2D eigenvalue weighted by molar-refractivity contribution is -0.140. The first-order valence-corrected chi connectivity index (χ1v) is 14.9. The van der Waals surface area contributed by atoms with Crippen LogP contribution in [0.25, 0.3) is 0 Å².